The zero-order chi connectivity index (χ0) is 5.98. The minimum absolute atomic E-state index is 0.106. The topological polar surface area (TPSA) is 26.3 Å². The van der Waals surface area contributed by atoms with E-state index >= 15 is 0 Å². The molecule has 1 atom stereocenters. The first kappa shape index (κ1) is 5.35. The molecule has 1 heterocycles. The fourth-order valence-corrected chi connectivity index (χ4v) is 0.647. The number of carbonyl (C=O) groups is 1. The highest BCUT2D eigenvalue weighted by Gasteiger charge is 2.15. The zero-order valence-electron chi connectivity index (χ0n) is 4.76. The minimum Gasteiger partial charge on any atom is -0.490 e. The van der Waals surface area contributed by atoms with Crippen LogP contribution in [0.25, 0.3) is 0 Å². The van der Waals surface area contributed by atoms with E-state index in [-0.39, 0.29) is 11.9 Å². The van der Waals surface area contributed by atoms with Crippen LogP contribution in [-0.2, 0) is 9.53 Å². The third-order valence-corrected chi connectivity index (χ3v) is 1.14. The molecule has 0 bridgehead atoms. The Morgan fingerprint density at radius 2 is 2.62 bits per heavy atom. The average Bonchev–Trinajstić information content (AvgIpc) is 2.12. The molecule has 0 aromatic carbocycles. The van der Waals surface area contributed by atoms with Crippen molar-refractivity contribution < 1.29 is 9.53 Å². The van der Waals surface area contributed by atoms with Gasteiger partial charge in [-0.25, -0.2) is 0 Å². The van der Waals surface area contributed by atoms with E-state index in [2.05, 4.69) is 0 Å². The summed E-state index contributed by atoms with van der Waals surface area (Å²) >= 11 is 0. The Labute approximate surface area is 48.1 Å². The molecule has 1 unspecified atom stereocenters. The first-order chi connectivity index (χ1) is 3.80. The van der Waals surface area contributed by atoms with Gasteiger partial charge in [-0.1, -0.05) is 0 Å². The van der Waals surface area contributed by atoms with Crippen LogP contribution in [0.3, 0.4) is 0 Å². The van der Waals surface area contributed by atoms with Gasteiger partial charge in [0.25, 0.3) is 0 Å². The number of hydrogen-bond acceptors (Lipinski definition) is 2. The van der Waals surface area contributed by atoms with Gasteiger partial charge in [0.05, 0.1) is 6.26 Å². The van der Waals surface area contributed by atoms with E-state index in [0.717, 1.165) is 6.42 Å². The van der Waals surface area contributed by atoms with Gasteiger partial charge in [-0.3, -0.25) is 4.79 Å². The maximum atomic E-state index is 10.5. The molecule has 0 spiro atoms. The number of carbonyl (C=O) groups excluding carboxylic acids is 1. The van der Waals surface area contributed by atoms with E-state index in [1.807, 2.05) is 6.08 Å². The summed E-state index contributed by atoms with van der Waals surface area (Å²) in [5, 5.41) is 0. The molecule has 0 saturated carbocycles. The summed E-state index contributed by atoms with van der Waals surface area (Å²) in [6.45, 7) is 1.54. The van der Waals surface area contributed by atoms with Crippen LogP contribution >= 0.6 is 0 Å². The van der Waals surface area contributed by atoms with Gasteiger partial charge in [0.15, 0.2) is 11.9 Å². The summed E-state index contributed by atoms with van der Waals surface area (Å²) in [6, 6.07) is 0. The first-order valence-corrected chi connectivity index (χ1v) is 2.61. The molecule has 8 heavy (non-hydrogen) atoms. The van der Waals surface area contributed by atoms with Gasteiger partial charge < -0.3 is 4.74 Å². The molecule has 0 amide bonds. The summed E-state index contributed by atoms with van der Waals surface area (Å²) in [5.74, 6) is 0.106. The number of hydrogen-bond donors (Lipinski definition) is 0. The molecule has 0 N–H and O–H groups in total. The van der Waals surface area contributed by atoms with Gasteiger partial charge in [-0.2, -0.15) is 0 Å². The SMILES string of the molecule is CC(=O)C1CC=CO1. The molecule has 1 aliphatic rings. The predicted molar refractivity (Wildman–Crippen MR) is 29.3 cm³/mol. The Balaban J connectivity index is 2.41. The van der Waals surface area contributed by atoms with Gasteiger partial charge >= 0.3 is 0 Å². The number of Topliss-reactive ketones (excluding diaryl/α,β-unsaturated/α-hetero) is 1. The van der Waals surface area contributed by atoms with Crippen LogP contribution in [0.5, 0.6) is 0 Å². The van der Waals surface area contributed by atoms with Crippen molar-refractivity contribution in [1.82, 2.24) is 0 Å². The number of rotatable bonds is 1. The standard InChI is InChI=1S/C6H8O2/c1-5(7)6-3-2-4-8-6/h2,4,6H,3H2,1H3. The summed E-state index contributed by atoms with van der Waals surface area (Å²) in [5.41, 5.74) is 0. The van der Waals surface area contributed by atoms with E-state index in [4.69, 9.17) is 4.74 Å². The van der Waals surface area contributed by atoms with Crippen molar-refractivity contribution in [3.63, 3.8) is 0 Å². The fraction of sp³-hybridized carbons (Fsp3) is 0.500. The van der Waals surface area contributed by atoms with Gasteiger partial charge in [0, 0.05) is 6.42 Å². The highest BCUT2D eigenvalue weighted by molar-refractivity contribution is 5.80. The lowest BCUT2D eigenvalue weighted by Gasteiger charge is -2.02. The van der Waals surface area contributed by atoms with Crippen molar-refractivity contribution in [3.05, 3.63) is 12.3 Å². The molecule has 2 nitrogen and oxygen atoms in total. The molecular weight excluding hydrogens is 104 g/mol. The second-order valence-electron chi connectivity index (χ2n) is 1.84. The van der Waals surface area contributed by atoms with Crippen LogP contribution in [0.1, 0.15) is 13.3 Å². The van der Waals surface area contributed by atoms with Crippen molar-refractivity contribution >= 4 is 5.78 Å². The van der Waals surface area contributed by atoms with E-state index < -0.39 is 0 Å². The third kappa shape index (κ3) is 0.886. The zero-order valence-corrected chi connectivity index (χ0v) is 4.76. The number of ether oxygens (including phenoxy) is 1. The maximum Gasteiger partial charge on any atom is 0.170 e. The Hall–Kier alpha value is -0.790. The average molecular weight is 112 g/mol. The molecule has 0 fully saturated rings. The third-order valence-electron chi connectivity index (χ3n) is 1.14. The Morgan fingerprint density at radius 3 is 2.88 bits per heavy atom. The van der Waals surface area contributed by atoms with Crippen molar-refractivity contribution in [2.24, 2.45) is 0 Å². The fourth-order valence-electron chi connectivity index (χ4n) is 0.647. The molecule has 44 valence electrons. The van der Waals surface area contributed by atoms with Crippen molar-refractivity contribution in [2.75, 3.05) is 0 Å². The molecule has 0 radical (unpaired) electrons. The summed E-state index contributed by atoms with van der Waals surface area (Å²) in [4.78, 5) is 10.5. The maximum absolute atomic E-state index is 10.5. The smallest absolute Gasteiger partial charge is 0.170 e. The van der Waals surface area contributed by atoms with Gasteiger partial charge in [-0.05, 0) is 13.0 Å². The van der Waals surface area contributed by atoms with Crippen LogP contribution < -0.4 is 0 Å². The molecule has 0 aliphatic carbocycles. The molecule has 1 aliphatic heterocycles. The van der Waals surface area contributed by atoms with Crippen LogP contribution in [0.15, 0.2) is 12.3 Å². The monoisotopic (exact) mass is 112 g/mol. The minimum atomic E-state index is -0.185. The second kappa shape index (κ2) is 1.99. The normalized spacial score (nSPS) is 25.4. The van der Waals surface area contributed by atoms with Crippen LogP contribution in [0.2, 0.25) is 0 Å². The Bertz CT molecular complexity index is 118. The molecular formula is C6H8O2. The molecule has 0 aromatic heterocycles. The summed E-state index contributed by atoms with van der Waals surface area (Å²) < 4.78 is 4.88. The van der Waals surface area contributed by atoms with Crippen LogP contribution in [0, 0.1) is 0 Å². The first-order valence-electron chi connectivity index (χ1n) is 2.61. The molecule has 1 rings (SSSR count). The van der Waals surface area contributed by atoms with E-state index in [1.165, 1.54) is 6.92 Å². The Morgan fingerprint density at radius 1 is 1.88 bits per heavy atom. The lowest BCUT2D eigenvalue weighted by atomic mass is 10.2. The quantitative estimate of drug-likeness (QED) is 0.503. The van der Waals surface area contributed by atoms with E-state index in [9.17, 15) is 4.79 Å². The Kier molecular flexibility index (Phi) is 1.33. The van der Waals surface area contributed by atoms with Crippen molar-refractivity contribution in [1.29, 1.82) is 0 Å². The highest BCUT2D eigenvalue weighted by Crippen LogP contribution is 2.08. The van der Waals surface area contributed by atoms with Crippen molar-refractivity contribution in [2.45, 2.75) is 19.4 Å². The van der Waals surface area contributed by atoms with Crippen LogP contribution in [0.4, 0.5) is 0 Å². The van der Waals surface area contributed by atoms with E-state index in [0.29, 0.717) is 0 Å². The van der Waals surface area contributed by atoms with Crippen LogP contribution in [-0.4, -0.2) is 11.9 Å². The molecule has 0 saturated heterocycles. The largest absolute Gasteiger partial charge is 0.490 e. The van der Waals surface area contributed by atoms with E-state index in [1.54, 1.807) is 6.26 Å². The number of ketones is 1. The summed E-state index contributed by atoms with van der Waals surface area (Å²) in [6.07, 6.45) is 3.99. The predicted octanol–water partition coefficient (Wildman–Crippen LogP) is 0.878. The molecule has 0 aromatic rings. The van der Waals surface area contributed by atoms with Gasteiger partial charge in [0.1, 0.15) is 0 Å². The van der Waals surface area contributed by atoms with Gasteiger partial charge in [0.2, 0.25) is 0 Å². The lowest BCUT2D eigenvalue weighted by molar-refractivity contribution is -0.124. The van der Waals surface area contributed by atoms with Gasteiger partial charge in [-0.15, -0.1) is 0 Å². The summed E-state index contributed by atoms with van der Waals surface area (Å²) in [7, 11) is 0. The molecule has 2 heteroatoms. The second-order valence-corrected chi connectivity index (χ2v) is 1.84. The van der Waals surface area contributed by atoms with Crippen molar-refractivity contribution in [3.8, 4) is 0 Å². The lowest BCUT2D eigenvalue weighted by Crippen LogP contribution is -2.14. The highest BCUT2D eigenvalue weighted by atomic mass is 16.5.